The van der Waals surface area contributed by atoms with Crippen LogP contribution in [-0.2, 0) is 4.79 Å². The molecule has 0 radical (unpaired) electrons. The van der Waals surface area contributed by atoms with E-state index in [0.717, 1.165) is 44.0 Å². The van der Waals surface area contributed by atoms with Crippen molar-refractivity contribution in [3.05, 3.63) is 16.6 Å². The van der Waals surface area contributed by atoms with E-state index in [0.29, 0.717) is 6.54 Å². The first kappa shape index (κ1) is 15.4. The SMILES string of the molecule is CCC(NC(=O)CN1CCCN(C)CC1)c1nccs1. The van der Waals surface area contributed by atoms with Gasteiger partial charge in [-0.1, -0.05) is 6.92 Å². The molecule has 1 aromatic heterocycles. The van der Waals surface area contributed by atoms with Gasteiger partial charge in [-0.3, -0.25) is 9.69 Å². The van der Waals surface area contributed by atoms with E-state index in [-0.39, 0.29) is 11.9 Å². The zero-order valence-corrected chi connectivity index (χ0v) is 13.2. The first-order chi connectivity index (χ1) is 9.69. The molecular formula is C14H24N4OS. The van der Waals surface area contributed by atoms with E-state index in [9.17, 15) is 4.79 Å². The van der Waals surface area contributed by atoms with E-state index in [1.54, 1.807) is 17.5 Å². The van der Waals surface area contributed by atoms with Gasteiger partial charge in [0, 0.05) is 24.7 Å². The van der Waals surface area contributed by atoms with Crippen molar-refractivity contribution in [1.82, 2.24) is 20.1 Å². The summed E-state index contributed by atoms with van der Waals surface area (Å²) in [6, 6.07) is 0.0529. The molecule has 1 amide bonds. The molecule has 0 aliphatic carbocycles. The van der Waals surface area contributed by atoms with Gasteiger partial charge in [0.05, 0.1) is 12.6 Å². The zero-order chi connectivity index (χ0) is 14.4. The molecule has 1 saturated heterocycles. The molecule has 1 aliphatic heterocycles. The van der Waals surface area contributed by atoms with Gasteiger partial charge in [-0.05, 0) is 33.0 Å². The summed E-state index contributed by atoms with van der Waals surface area (Å²) in [7, 11) is 2.14. The monoisotopic (exact) mass is 296 g/mol. The molecule has 5 nitrogen and oxygen atoms in total. The van der Waals surface area contributed by atoms with Crippen LogP contribution in [0.4, 0.5) is 0 Å². The molecule has 112 valence electrons. The summed E-state index contributed by atoms with van der Waals surface area (Å²) in [4.78, 5) is 21.0. The second-order valence-electron chi connectivity index (χ2n) is 5.33. The first-order valence-electron chi connectivity index (χ1n) is 7.28. The summed E-state index contributed by atoms with van der Waals surface area (Å²) < 4.78 is 0. The fraction of sp³-hybridized carbons (Fsp3) is 0.714. The lowest BCUT2D eigenvalue weighted by Crippen LogP contribution is -2.40. The Balaban J connectivity index is 1.82. The van der Waals surface area contributed by atoms with Gasteiger partial charge >= 0.3 is 0 Å². The Hall–Kier alpha value is -0.980. The Morgan fingerprint density at radius 1 is 1.45 bits per heavy atom. The summed E-state index contributed by atoms with van der Waals surface area (Å²) in [5, 5.41) is 6.05. The maximum absolute atomic E-state index is 12.2. The third-order valence-corrected chi connectivity index (χ3v) is 4.56. The Kier molecular flexibility index (Phi) is 5.94. The van der Waals surface area contributed by atoms with Gasteiger partial charge in [0.1, 0.15) is 5.01 Å². The van der Waals surface area contributed by atoms with Gasteiger partial charge in [-0.15, -0.1) is 11.3 Å². The summed E-state index contributed by atoms with van der Waals surface area (Å²) in [6.45, 7) is 6.71. The van der Waals surface area contributed by atoms with Crippen molar-refractivity contribution >= 4 is 17.2 Å². The molecule has 1 unspecified atom stereocenters. The fourth-order valence-corrected chi connectivity index (χ4v) is 3.22. The molecule has 1 aliphatic rings. The predicted molar refractivity (Wildman–Crippen MR) is 81.8 cm³/mol. The van der Waals surface area contributed by atoms with Crippen LogP contribution in [0.2, 0.25) is 0 Å². The van der Waals surface area contributed by atoms with E-state index in [2.05, 4.69) is 34.1 Å². The second-order valence-corrected chi connectivity index (χ2v) is 6.26. The predicted octanol–water partition coefficient (Wildman–Crippen LogP) is 1.35. The lowest BCUT2D eigenvalue weighted by atomic mass is 10.2. The minimum Gasteiger partial charge on any atom is -0.346 e. The van der Waals surface area contributed by atoms with Crippen molar-refractivity contribution in [2.24, 2.45) is 0 Å². The zero-order valence-electron chi connectivity index (χ0n) is 12.3. The smallest absolute Gasteiger partial charge is 0.234 e. The van der Waals surface area contributed by atoms with Crippen molar-refractivity contribution < 1.29 is 4.79 Å². The van der Waals surface area contributed by atoms with E-state index in [1.807, 2.05) is 5.38 Å². The second kappa shape index (κ2) is 7.71. The standard InChI is InChI=1S/C14H24N4OS/c1-3-12(14-15-5-10-20-14)16-13(19)11-18-7-4-6-17(2)8-9-18/h5,10,12H,3-4,6-9,11H2,1-2H3,(H,16,19). The van der Waals surface area contributed by atoms with E-state index in [4.69, 9.17) is 0 Å². The molecule has 20 heavy (non-hydrogen) atoms. The normalized spacial score (nSPS) is 19.5. The summed E-state index contributed by atoms with van der Waals surface area (Å²) in [6.07, 6.45) is 3.80. The first-order valence-corrected chi connectivity index (χ1v) is 8.16. The Bertz CT molecular complexity index is 409. The highest BCUT2D eigenvalue weighted by Gasteiger charge is 2.18. The van der Waals surface area contributed by atoms with E-state index >= 15 is 0 Å². The number of aromatic nitrogens is 1. The molecule has 6 heteroatoms. The van der Waals surface area contributed by atoms with E-state index in [1.165, 1.54) is 0 Å². The molecule has 1 fully saturated rings. The number of likely N-dealkylation sites (N-methyl/N-ethyl adjacent to an activating group) is 1. The number of rotatable bonds is 5. The highest BCUT2D eigenvalue weighted by Crippen LogP contribution is 2.18. The van der Waals surface area contributed by atoms with E-state index < -0.39 is 0 Å². The molecule has 0 spiro atoms. The van der Waals surface area contributed by atoms with Crippen LogP contribution in [0, 0.1) is 0 Å². The Morgan fingerprint density at radius 2 is 2.30 bits per heavy atom. The number of hydrogen-bond donors (Lipinski definition) is 1. The maximum atomic E-state index is 12.2. The highest BCUT2D eigenvalue weighted by molar-refractivity contribution is 7.09. The molecule has 1 aromatic rings. The average molecular weight is 296 g/mol. The largest absolute Gasteiger partial charge is 0.346 e. The number of carbonyl (C=O) groups excluding carboxylic acids is 1. The highest BCUT2D eigenvalue weighted by atomic mass is 32.1. The van der Waals surface area contributed by atoms with Crippen LogP contribution < -0.4 is 5.32 Å². The molecule has 0 saturated carbocycles. The van der Waals surface area contributed by atoms with Crippen molar-refractivity contribution in [2.75, 3.05) is 39.8 Å². The van der Waals surface area contributed by atoms with Crippen LogP contribution in [0.1, 0.15) is 30.8 Å². The van der Waals surface area contributed by atoms with Gasteiger partial charge in [0.25, 0.3) is 0 Å². The van der Waals surface area contributed by atoms with Crippen LogP contribution in [0.25, 0.3) is 0 Å². The third kappa shape index (κ3) is 4.54. The molecule has 1 atom stereocenters. The number of nitrogens with one attached hydrogen (secondary N) is 1. The lowest BCUT2D eigenvalue weighted by Gasteiger charge is -2.21. The topological polar surface area (TPSA) is 48.5 Å². The van der Waals surface area contributed by atoms with Crippen LogP contribution >= 0.6 is 11.3 Å². The third-order valence-electron chi connectivity index (χ3n) is 3.67. The molecule has 2 heterocycles. The van der Waals surface area contributed by atoms with Gasteiger partial charge in [0.2, 0.25) is 5.91 Å². The molecule has 0 bridgehead atoms. The van der Waals surface area contributed by atoms with Crippen LogP contribution in [0.3, 0.4) is 0 Å². The van der Waals surface area contributed by atoms with Crippen molar-refractivity contribution in [1.29, 1.82) is 0 Å². The van der Waals surface area contributed by atoms with Crippen LogP contribution in [0.5, 0.6) is 0 Å². The van der Waals surface area contributed by atoms with Crippen molar-refractivity contribution in [3.63, 3.8) is 0 Å². The minimum atomic E-state index is 0.0529. The summed E-state index contributed by atoms with van der Waals surface area (Å²) in [5.74, 6) is 0.108. The summed E-state index contributed by atoms with van der Waals surface area (Å²) in [5.41, 5.74) is 0. The summed E-state index contributed by atoms with van der Waals surface area (Å²) >= 11 is 1.60. The fourth-order valence-electron chi connectivity index (χ4n) is 2.45. The molecule has 1 N–H and O–H groups in total. The molecular weight excluding hydrogens is 272 g/mol. The number of thiazole rings is 1. The quantitative estimate of drug-likeness (QED) is 0.891. The molecule has 2 rings (SSSR count). The maximum Gasteiger partial charge on any atom is 0.234 e. The van der Waals surface area contributed by atoms with Crippen LogP contribution in [0.15, 0.2) is 11.6 Å². The van der Waals surface area contributed by atoms with Gasteiger partial charge in [0.15, 0.2) is 0 Å². The van der Waals surface area contributed by atoms with Gasteiger partial charge in [-0.2, -0.15) is 0 Å². The number of hydrogen-bond acceptors (Lipinski definition) is 5. The van der Waals surface area contributed by atoms with Gasteiger partial charge < -0.3 is 10.2 Å². The number of carbonyl (C=O) groups is 1. The average Bonchev–Trinajstić information content (AvgIpc) is 2.88. The molecule has 0 aromatic carbocycles. The Labute approximate surface area is 125 Å². The van der Waals surface area contributed by atoms with Gasteiger partial charge in [-0.25, -0.2) is 4.98 Å². The number of amides is 1. The lowest BCUT2D eigenvalue weighted by molar-refractivity contribution is -0.123. The van der Waals surface area contributed by atoms with Crippen LogP contribution in [-0.4, -0.2) is 60.5 Å². The van der Waals surface area contributed by atoms with Crippen molar-refractivity contribution in [3.8, 4) is 0 Å². The minimum absolute atomic E-state index is 0.0529. The Morgan fingerprint density at radius 3 is 3.00 bits per heavy atom. The number of nitrogens with zero attached hydrogens (tertiary/aromatic N) is 3. The van der Waals surface area contributed by atoms with Crippen molar-refractivity contribution in [2.45, 2.75) is 25.8 Å².